The summed E-state index contributed by atoms with van der Waals surface area (Å²) in [6.45, 7) is 0.593. The van der Waals surface area contributed by atoms with Crippen molar-refractivity contribution in [2.45, 2.75) is 30.7 Å². The second-order valence-corrected chi connectivity index (χ2v) is 3.68. The number of hydrogen-bond donors (Lipinski definition) is 5. The number of aliphatic hydroxyl groups is 4. The van der Waals surface area contributed by atoms with E-state index in [1.165, 1.54) is 7.11 Å². The van der Waals surface area contributed by atoms with Gasteiger partial charge in [-0.05, 0) is 0 Å². The van der Waals surface area contributed by atoms with Crippen LogP contribution in [0.3, 0.4) is 0 Å². The van der Waals surface area contributed by atoms with E-state index in [0.717, 1.165) is 0 Å². The van der Waals surface area contributed by atoms with Crippen molar-refractivity contribution in [2.24, 2.45) is 0 Å². The van der Waals surface area contributed by atoms with Gasteiger partial charge in [-0.3, -0.25) is 0 Å². The van der Waals surface area contributed by atoms with Crippen molar-refractivity contribution in [3.8, 4) is 0 Å². The van der Waals surface area contributed by atoms with Crippen LogP contribution in [-0.2, 0) is 9.47 Å². The van der Waals surface area contributed by atoms with Crippen molar-refractivity contribution in [3.05, 3.63) is 0 Å². The number of methoxy groups -OCH3 is 1. The van der Waals surface area contributed by atoms with Gasteiger partial charge in [-0.15, -0.1) is 0 Å². The van der Waals surface area contributed by atoms with Gasteiger partial charge in [0.2, 0.25) is 0 Å². The van der Waals surface area contributed by atoms with Crippen LogP contribution in [0.25, 0.3) is 0 Å². The highest BCUT2D eigenvalue weighted by atomic mass is 16.7. The van der Waals surface area contributed by atoms with Crippen LogP contribution >= 0.6 is 0 Å². The Morgan fingerprint density at radius 1 is 1.19 bits per heavy atom. The highest BCUT2D eigenvalue weighted by molar-refractivity contribution is 4.89. The lowest BCUT2D eigenvalue weighted by atomic mass is 9.99. The first kappa shape index (κ1) is 13.8. The first-order chi connectivity index (χ1) is 7.61. The summed E-state index contributed by atoms with van der Waals surface area (Å²) in [5, 5.41) is 40.0. The first-order valence-corrected chi connectivity index (χ1v) is 5.15. The van der Waals surface area contributed by atoms with E-state index in [0.29, 0.717) is 6.54 Å². The fourth-order valence-corrected chi connectivity index (χ4v) is 1.60. The molecule has 0 radical (unpaired) electrons. The van der Waals surface area contributed by atoms with Gasteiger partial charge in [-0.25, -0.2) is 0 Å². The van der Waals surface area contributed by atoms with Crippen LogP contribution in [0.15, 0.2) is 0 Å². The van der Waals surface area contributed by atoms with Gasteiger partial charge in [-0.2, -0.15) is 0 Å². The number of nitrogens with one attached hydrogen (secondary N) is 1. The molecule has 1 heterocycles. The molecule has 16 heavy (non-hydrogen) atoms. The maximum atomic E-state index is 9.63. The molecule has 0 aromatic heterocycles. The van der Waals surface area contributed by atoms with Gasteiger partial charge in [-0.1, -0.05) is 0 Å². The van der Waals surface area contributed by atoms with Crippen LogP contribution in [0.5, 0.6) is 0 Å². The van der Waals surface area contributed by atoms with Crippen molar-refractivity contribution in [2.75, 3.05) is 26.8 Å². The van der Waals surface area contributed by atoms with Crippen LogP contribution in [0, 0.1) is 0 Å². The fourth-order valence-electron chi connectivity index (χ4n) is 1.60. The Bertz CT molecular complexity index is 202. The van der Waals surface area contributed by atoms with Gasteiger partial charge in [0, 0.05) is 20.2 Å². The van der Waals surface area contributed by atoms with Crippen molar-refractivity contribution >= 4 is 0 Å². The lowest BCUT2D eigenvalue weighted by molar-refractivity contribution is -0.288. The Kier molecular flexibility index (Phi) is 5.56. The summed E-state index contributed by atoms with van der Waals surface area (Å²) in [5.74, 6) is 0. The van der Waals surface area contributed by atoms with Gasteiger partial charge in [0.05, 0.1) is 6.61 Å². The predicted octanol–water partition coefficient (Wildman–Crippen LogP) is -2.98. The summed E-state index contributed by atoms with van der Waals surface area (Å²) in [5.41, 5.74) is 0. The monoisotopic (exact) mass is 237 g/mol. The molecular weight excluding hydrogens is 218 g/mol. The summed E-state index contributed by atoms with van der Waals surface area (Å²) in [6, 6.07) is 0. The van der Waals surface area contributed by atoms with E-state index in [1.807, 2.05) is 0 Å². The molecule has 0 aromatic rings. The molecule has 0 saturated carbocycles. The van der Waals surface area contributed by atoms with Gasteiger partial charge in [0.1, 0.15) is 24.4 Å². The zero-order valence-electron chi connectivity index (χ0n) is 9.11. The quantitative estimate of drug-likeness (QED) is 0.324. The van der Waals surface area contributed by atoms with Crippen LogP contribution in [0.4, 0.5) is 0 Å². The molecule has 1 aliphatic heterocycles. The molecule has 96 valence electrons. The zero-order chi connectivity index (χ0) is 12.1. The SMILES string of the molecule is CO[C@H]1O[C@H](CNCCO)[C@@H](O)[C@H](O)[C@H]1O. The van der Waals surface area contributed by atoms with Crippen LogP contribution in [0.2, 0.25) is 0 Å². The summed E-state index contributed by atoms with van der Waals surface area (Å²) >= 11 is 0. The standard InChI is InChI=1S/C9H19NO6/c1-15-9-8(14)7(13)6(12)5(16-9)4-10-2-3-11/h5-14H,2-4H2,1H3/t5-,6-,7+,8-,9+/m1/s1. The predicted molar refractivity (Wildman–Crippen MR) is 53.6 cm³/mol. The van der Waals surface area contributed by atoms with Crippen molar-refractivity contribution in [1.29, 1.82) is 0 Å². The van der Waals surface area contributed by atoms with Crippen LogP contribution in [0.1, 0.15) is 0 Å². The topological polar surface area (TPSA) is 111 Å². The third kappa shape index (κ3) is 3.11. The summed E-state index contributed by atoms with van der Waals surface area (Å²) in [4.78, 5) is 0. The third-order valence-corrected chi connectivity index (χ3v) is 2.53. The Morgan fingerprint density at radius 3 is 2.44 bits per heavy atom. The van der Waals surface area contributed by atoms with Gasteiger partial charge in [0.15, 0.2) is 6.29 Å². The summed E-state index contributed by atoms with van der Waals surface area (Å²) < 4.78 is 10.1. The van der Waals surface area contributed by atoms with Gasteiger partial charge < -0.3 is 35.2 Å². The second kappa shape index (κ2) is 6.45. The molecule has 5 atom stereocenters. The Balaban J connectivity index is 2.50. The minimum atomic E-state index is -1.31. The molecule has 0 amide bonds. The molecule has 1 fully saturated rings. The maximum absolute atomic E-state index is 9.63. The van der Waals surface area contributed by atoms with Gasteiger partial charge >= 0.3 is 0 Å². The molecular formula is C9H19NO6. The molecule has 0 unspecified atom stereocenters. The van der Waals surface area contributed by atoms with E-state index in [9.17, 15) is 15.3 Å². The smallest absolute Gasteiger partial charge is 0.186 e. The zero-order valence-corrected chi connectivity index (χ0v) is 9.11. The Morgan fingerprint density at radius 2 is 1.88 bits per heavy atom. The van der Waals surface area contributed by atoms with E-state index in [4.69, 9.17) is 14.6 Å². The number of ether oxygens (including phenoxy) is 2. The van der Waals surface area contributed by atoms with Crippen LogP contribution < -0.4 is 5.32 Å². The molecule has 1 rings (SSSR count). The fraction of sp³-hybridized carbons (Fsp3) is 1.00. The van der Waals surface area contributed by atoms with E-state index >= 15 is 0 Å². The molecule has 7 nitrogen and oxygen atoms in total. The van der Waals surface area contributed by atoms with Crippen molar-refractivity contribution < 1.29 is 29.9 Å². The third-order valence-electron chi connectivity index (χ3n) is 2.53. The minimum absolute atomic E-state index is 0.0261. The molecule has 7 heteroatoms. The highest BCUT2D eigenvalue weighted by Crippen LogP contribution is 2.21. The molecule has 0 aromatic carbocycles. The van der Waals surface area contributed by atoms with Crippen molar-refractivity contribution in [3.63, 3.8) is 0 Å². The minimum Gasteiger partial charge on any atom is -0.395 e. The largest absolute Gasteiger partial charge is 0.395 e. The van der Waals surface area contributed by atoms with E-state index in [1.54, 1.807) is 0 Å². The molecule has 0 aliphatic carbocycles. The second-order valence-electron chi connectivity index (χ2n) is 3.68. The average molecular weight is 237 g/mol. The number of rotatable bonds is 5. The van der Waals surface area contributed by atoms with Crippen molar-refractivity contribution in [1.82, 2.24) is 5.32 Å². The number of aliphatic hydroxyl groups excluding tert-OH is 4. The molecule has 0 spiro atoms. The average Bonchev–Trinajstić information content (AvgIpc) is 2.29. The molecule has 0 bridgehead atoms. The first-order valence-electron chi connectivity index (χ1n) is 5.15. The normalized spacial score (nSPS) is 39.9. The molecule has 5 N–H and O–H groups in total. The molecule has 1 aliphatic rings. The van der Waals surface area contributed by atoms with E-state index < -0.39 is 30.7 Å². The summed E-state index contributed by atoms with van der Waals surface area (Å²) in [6.07, 6.45) is -5.41. The summed E-state index contributed by atoms with van der Waals surface area (Å²) in [7, 11) is 1.34. The van der Waals surface area contributed by atoms with E-state index in [-0.39, 0.29) is 13.2 Å². The number of hydrogen-bond acceptors (Lipinski definition) is 7. The van der Waals surface area contributed by atoms with Gasteiger partial charge in [0.25, 0.3) is 0 Å². The maximum Gasteiger partial charge on any atom is 0.186 e. The lowest BCUT2D eigenvalue weighted by Crippen LogP contribution is -2.60. The molecule has 1 saturated heterocycles. The Labute approximate surface area is 93.6 Å². The Hall–Kier alpha value is -0.280. The van der Waals surface area contributed by atoms with E-state index in [2.05, 4.69) is 5.32 Å². The highest BCUT2D eigenvalue weighted by Gasteiger charge is 2.43. The lowest BCUT2D eigenvalue weighted by Gasteiger charge is -2.39. The van der Waals surface area contributed by atoms with Crippen LogP contribution in [-0.4, -0.2) is 77.9 Å².